The van der Waals surface area contributed by atoms with Crippen LogP contribution in [-0.2, 0) is 0 Å². The third-order valence-electron chi connectivity index (χ3n) is 3.25. The Morgan fingerprint density at radius 2 is 1.81 bits per heavy atom. The molecule has 0 unspecified atom stereocenters. The van der Waals surface area contributed by atoms with Crippen LogP contribution in [0.5, 0.6) is 5.75 Å². The number of aromatic amines is 1. The summed E-state index contributed by atoms with van der Waals surface area (Å²) in [5, 5.41) is 0. The van der Waals surface area contributed by atoms with Crippen molar-refractivity contribution >= 4 is 0 Å². The molecule has 4 heteroatoms. The summed E-state index contributed by atoms with van der Waals surface area (Å²) in [5.74, 6) is 0.764. The number of methoxy groups -OCH3 is 1. The molecule has 0 aliphatic carbocycles. The van der Waals surface area contributed by atoms with Crippen molar-refractivity contribution in [2.24, 2.45) is 0 Å². The monoisotopic (exact) mass is 278 g/mol. The van der Waals surface area contributed by atoms with Crippen LogP contribution in [0.3, 0.4) is 0 Å². The van der Waals surface area contributed by atoms with E-state index in [0.717, 1.165) is 17.0 Å². The topological polar surface area (TPSA) is 55.0 Å². The lowest BCUT2D eigenvalue weighted by molar-refractivity contribution is 0.415. The molecular weight excluding hydrogens is 264 g/mol. The van der Waals surface area contributed by atoms with Gasteiger partial charge in [0, 0.05) is 11.8 Å². The van der Waals surface area contributed by atoms with E-state index in [1.54, 1.807) is 13.3 Å². The number of benzene rings is 1. The van der Waals surface area contributed by atoms with Gasteiger partial charge in [0.05, 0.1) is 18.5 Å². The number of H-pyrrole nitrogens is 1. The minimum absolute atomic E-state index is 0.136. The zero-order chi connectivity index (χ0) is 14.7. The second-order valence-electron chi connectivity index (χ2n) is 4.56. The van der Waals surface area contributed by atoms with Gasteiger partial charge in [0.25, 0.3) is 5.56 Å². The molecule has 3 rings (SSSR count). The molecule has 0 saturated carbocycles. The molecule has 2 heterocycles. The van der Waals surface area contributed by atoms with Crippen molar-refractivity contribution in [1.29, 1.82) is 0 Å². The average molecular weight is 278 g/mol. The van der Waals surface area contributed by atoms with Crippen molar-refractivity contribution in [2.45, 2.75) is 0 Å². The van der Waals surface area contributed by atoms with E-state index in [4.69, 9.17) is 4.74 Å². The largest absolute Gasteiger partial charge is 0.497 e. The summed E-state index contributed by atoms with van der Waals surface area (Å²) in [6, 6.07) is 16.7. The lowest BCUT2D eigenvalue weighted by Crippen LogP contribution is -2.09. The van der Waals surface area contributed by atoms with Gasteiger partial charge in [-0.15, -0.1) is 0 Å². The van der Waals surface area contributed by atoms with Crippen molar-refractivity contribution in [3.05, 3.63) is 71.1 Å². The van der Waals surface area contributed by atoms with Gasteiger partial charge in [-0.1, -0.05) is 18.2 Å². The van der Waals surface area contributed by atoms with Crippen LogP contribution < -0.4 is 10.3 Å². The standard InChI is InChI=1S/C17H14N2O2/c1-21-13-7-5-12(6-8-13)14-9-10-16(19-17(14)20)15-4-2-3-11-18-15/h2-11H,1H3,(H,19,20). The summed E-state index contributed by atoms with van der Waals surface area (Å²) < 4.78 is 5.12. The van der Waals surface area contributed by atoms with Crippen molar-refractivity contribution in [2.75, 3.05) is 7.11 Å². The quantitative estimate of drug-likeness (QED) is 0.801. The molecule has 2 aromatic heterocycles. The highest BCUT2D eigenvalue weighted by molar-refractivity contribution is 5.66. The summed E-state index contributed by atoms with van der Waals surface area (Å²) in [7, 11) is 1.61. The summed E-state index contributed by atoms with van der Waals surface area (Å²) in [5.41, 5.74) is 2.79. The number of aromatic nitrogens is 2. The minimum atomic E-state index is -0.136. The number of ether oxygens (including phenoxy) is 1. The predicted octanol–water partition coefficient (Wildman–Crippen LogP) is 3.11. The summed E-state index contributed by atoms with van der Waals surface area (Å²) in [6.45, 7) is 0. The number of hydrogen-bond acceptors (Lipinski definition) is 3. The van der Waals surface area contributed by atoms with Gasteiger partial charge in [-0.05, 0) is 42.0 Å². The maximum absolute atomic E-state index is 12.3. The van der Waals surface area contributed by atoms with E-state index < -0.39 is 0 Å². The van der Waals surface area contributed by atoms with Gasteiger partial charge in [0.1, 0.15) is 5.75 Å². The first-order valence-corrected chi connectivity index (χ1v) is 6.57. The van der Waals surface area contributed by atoms with Gasteiger partial charge < -0.3 is 9.72 Å². The molecule has 4 nitrogen and oxygen atoms in total. The summed E-state index contributed by atoms with van der Waals surface area (Å²) >= 11 is 0. The number of nitrogens with zero attached hydrogens (tertiary/aromatic N) is 1. The molecule has 0 amide bonds. The van der Waals surface area contributed by atoms with Gasteiger partial charge in [-0.25, -0.2) is 0 Å². The van der Waals surface area contributed by atoms with Crippen LogP contribution in [-0.4, -0.2) is 17.1 Å². The molecule has 21 heavy (non-hydrogen) atoms. The zero-order valence-corrected chi connectivity index (χ0v) is 11.5. The second-order valence-corrected chi connectivity index (χ2v) is 4.56. The number of rotatable bonds is 3. The number of nitrogens with one attached hydrogen (secondary N) is 1. The van der Waals surface area contributed by atoms with E-state index in [2.05, 4.69) is 9.97 Å². The van der Waals surface area contributed by atoms with Crippen molar-refractivity contribution in [3.63, 3.8) is 0 Å². The lowest BCUT2D eigenvalue weighted by Gasteiger charge is -2.05. The van der Waals surface area contributed by atoms with Crippen LogP contribution in [0.2, 0.25) is 0 Å². The fourth-order valence-corrected chi connectivity index (χ4v) is 2.14. The summed E-state index contributed by atoms with van der Waals surface area (Å²) in [4.78, 5) is 19.4. The van der Waals surface area contributed by atoms with E-state index in [1.807, 2.05) is 54.6 Å². The van der Waals surface area contributed by atoms with E-state index in [0.29, 0.717) is 11.3 Å². The molecule has 0 aliphatic heterocycles. The normalized spacial score (nSPS) is 10.3. The Morgan fingerprint density at radius 1 is 1.00 bits per heavy atom. The first-order valence-electron chi connectivity index (χ1n) is 6.57. The minimum Gasteiger partial charge on any atom is -0.497 e. The molecule has 3 aromatic rings. The SMILES string of the molecule is COc1ccc(-c2ccc(-c3ccccn3)[nH]c2=O)cc1. The van der Waals surface area contributed by atoms with Crippen molar-refractivity contribution in [1.82, 2.24) is 9.97 Å². The highest BCUT2D eigenvalue weighted by Crippen LogP contribution is 2.21. The molecule has 0 bridgehead atoms. The Kier molecular flexibility index (Phi) is 3.51. The Morgan fingerprint density at radius 3 is 2.43 bits per heavy atom. The molecule has 1 aromatic carbocycles. The molecular formula is C17H14N2O2. The maximum Gasteiger partial charge on any atom is 0.256 e. The van der Waals surface area contributed by atoms with E-state index in [9.17, 15) is 4.79 Å². The predicted molar refractivity (Wildman–Crippen MR) is 82.3 cm³/mol. The molecule has 0 saturated heterocycles. The van der Waals surface area contributed by atoms with Crippen molar-refractivity contribution < 1.29 is 4.74 Å². The van der Waals surface area contributed by atoms with E-state index >= 15 is 0 Å². The van der Waals surface area contributed by atoms with E-state index in [-0.39, 0.29) is 5.56 Å². The van der Waals surface area contributed by atoms with Crippen LogP contribution in [0.4, 0.5) is 0 Å². The molecule has 0 radical (unpaired) electrons. The average Bonchev–Trinajstić information content (AvgIpc) is 2.56. The van der Waals surface area contributed by atoms with Gasteiger partial charge in [0.2, 0.25) is 0 Å². The first kappa shape index (κ1) is 13.1. The van der Waals surface area contributed by atoms with Crippen LogP contribution in [0.1, 0.15) is 0 Å². The number of hydrogen-bond donors (Lipinski definition) is 1. The van der Waals surface area contributed by atoms with Crippen molar-refractivity contribution in [3.8, 4) is 28.3 Å². The number of pyridine rings is 2. The van der Waals surface area contributed by atoms with Crippen LogP contribution in [0, 0.1) is 0 Å². The first-order chi connectivity index (χ1) is 10.3. The van der Waals surface area contributed by atoms with Crippen LogP contribution >= 0.6 is 0 Å². The fraction of sp³-hybridized carbons (Fsp3) is 0.0588. The third-order valence-corrected chi connectivity index (χ3v) is 3.25. The van der Waals surface area contributed by atoms with Gasteiger partial charge in [0.15, 0.2) is 0 Å². The molecule has 1 N–H and O–H groups in total. The molecule has 0 aliphatic rings. The van der Waals surface area contributed by atoms with E-state index in [1.165, 1.54) is 0 Å². The molecule has 0 spiro atoms. The smallest absolute Gasteiger partial charge is 0.256 e. The molecule has 0 atom stereocenters. The Balaban J connectivity index is 2.00. The molecule has 104 valence electrons. The van der Waals surface area contributed by atoms with Gasteiger partial charge in [-0.2, -0.15) is 0 Å². The lowest BCUT2D eigenvalue weighted by atomic mass is 10.1. The molecule has 0 fully saturated rings. The van der Waals surface area contributed by atoms with Gasteiger partial charge in [-0.3, -0.25) is 9.78 Å². The third kappa shape index (κ3) is 2.69. The Labute approximate surface area is 122 Å². The van der Waals surface area contributed by atoms with Crippen LogP contribution in [0.25, 0.3) is 22.5 Å². The Hall–Kier alpha value is -2.88. The van der Waals surface area contributed by atoms with Gasteiger partial charge >= 0.3 is 0 Å². The highest BCUT2D eigenvalue weighted by Gasteiger charge is 2.06. The second kappa shape index (κ2) is 5.63. The van der Waals surface area contributed by atoms with Crippen LogP contribution in [0.15, 0.2) is 65.6 Å². The zero-order valence-electron chi connectivity index (χ0n) is 11.5. The maximum atomic E-state index is 12.3. The highest BCUT2D eigenvalue weighted by atomic mass is 16.5. The Bertz CT molecular complexity index is 793. The fourth-order valence-electron chi connectivity index (χ4n) is 2.14. The summed E-state index contributed by atoms with van der Waals surface area (Å²) in [6.07, 6.45) is 1.70.